The Morgan fingerprint density at radius 1 is 1.19 bits per heavy atom. The van der Waals surface area contributed by atoms with E-state index in [4.69, 9.17) is 4.74 Å². The number of allylic oxidation sites excluding steroid dienone is 1. The fraction of sp³-hybridized carbons (Fsp3) is 0.467. The van der Waals surface area contributed by atoms with E-state index in [0.717, 1.165) is 6.42 Å². The van der Waals surface area contributed by atoms with Crippen LogP contribution in [0, 0.1) is 0 Å². The smallest absolute Gasteiger partial charge is 0.0817 e. The number of hydrogen-bond donors (Lipinski definition) is 0. The second-order valence-corrected chi connectivity index (χ2v) is 5.32. The van der Waals surface area contributed by atoms with Crippen molar-refractivity contribution in [3.8, 4) is 0 Å². The fourth-order valence-corrected chi connectivity index (χ4v) is 1.69. The van der Waals surface area contributed by atoms with Gasteiger partial charge in [0.1, 0.15) is 0 Å². The third kappa shape index (κ3) is 3.73. The van der Waals surface area contributed by atoms with Gasteiger partial charge in [0.15, 0.2) is 0 Å². The number of methoxy groups -OCH3 is 1. The molecule has 0 saturated heterocycles. The maximum absolute atomic E-state index is 4.99. The van der Waals surface area contributed by atoms with Crippen molar-refractivity contribution >= 4 is 0 Å². The van der Waals surface area contributed by atoms with Crippen molar-refractivity contribution in [2.45, 2.75) is 39.5 Å². The molecule has 0 aromatic heterocycles. The third-order valence-electron chi connectivity index (χ3n) is 2.62. The van der Waals surface area contributed by atoms with Crippen LogP contribution in [0.4, 0.5) is 0 Å². The molecule has 0 aliphatic heterocycles. The zero-order valence-corrected chi connectivity index (χ0v) is 11.0. The highest BCUT2D eigenvalue weighted by Crippen LogP contribution is 2.22. The van der Waals surface area contributed by atoms with Gasteiger partial charge in [0.25, 0.3) is 0 Å². The first-order valence-electron chi connectivity index (χ1n) is 5.71. The molecule has 0 spiro atoms. The molecule has 16 heavy (non-hydrogen) atoms. The van der Waals surface area contributed by atoms with Crippen molar-refractivity contribution in [3.63, 3.8) is 0 Å². The molecular weight excluding hydrogens is 196 g/mol. The van der Waals surface area contributed by atoms with E-state index in [1.807, 2.05) is 0 Å². The van der Waals surface area contributed by atoms with E-state index in [2.05, 4.69) is 52.0 Å². The number of ether oxygens (including phenoxy) is 1. The molecule has 0 amide bonds. The molecule has 0 N–H and O–H groups in total. The lowest BCUT2D eigenvalue weighted by Gasteiger charge is -2.19. The first-order valence-corrected chi connectivity index (χ1v) is 5.71. The molecule has 0 atom stereocenters. The van der Waals surface area contributed by atoms with Crippen LogP contribution >= 0.6 is 0 Å². The van der Waals surface area contributed by atoms with Crippen LogP contribution in [0.2, 0.25) is 0 Å². The summed E-state index contributed by atoms with van der Waals surface area (Å²) < 4.78 is 4.99. The molecule has 0 fully saturated rings. The Bertz CT molecular complexity index is 352. The van der Waals surface area contributed by atoms with Crippen molar-refractivity contribution in [1.29, 1.82) is 0 Å². The Balaban J connectivity index is 2.76. The third-order valence-corrected chi connectivity index (χ3v) is 2.62. The van der Waals surface area contributed by atoms with Gasteiger partial charge in [-0.2, -0.15) is 0 Å². The molecule has 0 aliphatic carbocycles. The Morgan fingerprint density at radius 2 is 1.75 bits per heavy atom. The highest BCUT2D eigenvalue weighted by Gasteiger charge is 2.12. The molecule has 0 unspecified atom stereocenters. The summed E-state index contributed by atoms with van der Waals surface area (Å²) in [6, 6.07) is 8.84. The van der Waals surface area contributed by atoms with Gasteiger partial charge < -0.3 is 4.74 Å². The van der Waals surface area contributed by atoms with Crippen molar-refractivity contribution in [3.05, 3.63) is 47.2 Å². The average Bonchev–Trinajstić information content (AvgIpc) is 2.17. The van der Waals surface area contributed by atoms with Gasteiger partial charge in [-0.15, -0.1) is 0 Å². The SMILES string of the molecule is COC=C(C)Cc1ccc(C(C)(C)C)cc1. The van der Waals surface area contributed by atoms with E-state index >= 15 is 0 Å². The summed E-state index contributed by atoms with van der Waals surface area (Å²) in [5.74, 6) is 0. The molecule has 1 aromatic rings. The first-order chi connectivity index (χ1) is 7.43. The minimum absolute atomic E-state index is 0.232. The standard InChI is InChI=1S/C15H22O/c1-12(11-16-5)10-13-6-8-14(9-7-13)15(2,3)4/h6-9,11H,10H2,1-5H3. The maximum Gasteiger partial charge on any atom is 0.0817 e. The number of benzene rings is 1. The topological polar surface area (TPSA) is 9.23 Å². The quantitative estimate of drug-likeness (QED) is 0.695. The highest BCUT2D eigenvalue weighted by atomic mass is 16.5. The highest BCUT2D eigenvalue weighted by molar-refractivity contribution is 5.29. The van der Waals surface area contributed by atoms with E-state index < -0.39 is 0 Å². The Morgan fingerprint density at radius 3 is 2.19 bits per heavy atom. The second kappa shape index (κ2) is 5.20. The molecule has 1 heteroatoms. The molecule has 0 radical (unpaired) electrons. The van der Waals surface area contributed by atoms with Crippen LogP contribution in [0.15, 0.2) is 36.1 Å². The van der Waals surface area contributed by atoms with Gasteiger partial charge in [0, 0.05) is 0 Å². The van der Waals surface area contributed by atoms with Crippen LogP contribution in [0.5, 0.6) is 0 Å². The zero-order chi connectivity index (χ0) is 12.2. The monoisotopic (exact) mass is 218 g/mol. The lowest BCUT2D eigenvalue weighted by molar-refractivity contribution is 0.333. The molecule has 0 heterocycles. The summed E-state index contributed by atoms with van der Waals surface area (Å²) >= 11 is 0. The molecule has 0 saturated carbocycles. The average molecular weight is 218 g/mol. The summed E-state index contributed by atoms with van der Waals surface area (Å²) in [6.45, 7) is 8.79. The van der Waals surface area contributed by atoms with Gasteiger partial charge >= 0.3 is 0 Å². The largest absolute Gasteiger partial charge is 0.504 e. The first kappa shape index (κ1) is 12.8. The van der Waals surface area contributed by atoms with Crippen LogP contribution < -0.4 is 0 Å². The molecular formula is C15H22O. The van der Waals surface area contributed by atoms with Gasteiger partial charge in [-0.1, -0.05) is 45.0 Å². The minimum Gasteiger partial charge on any atom is -0.504 e. The summed E-state index contributed by atoms with van der Waals surface area (Å²) in [5, 5.41) is 0. The van der Waals surface area contributed by atoms with Gasteiger partial charge in [-0.05, 0) is 35.5 Å². The van der Waals surface area contributed by atoms with Gasteiger partial charge in [-0.25, -0.2) is 0 Å². The minimum atomic E-state index is 0.232. The van der Waals surface area contributed by atoms with E-state index in [9.17, 15) is 0 Å². The van der Waals surface area contributed by atoms with Crippen LogP contribution in [-0.2, 0) is 16.6 Å². The Labute approximate surface area is 99.1 Å². The number of rotatable bonds is 3. The Kier molecular flexibility index (Phi) is 4.17. The Hall–Kier alpha value is -1.24. The normalized spacial score (nSPS) is 12.7. The molecule has 1 nitrogen and oxygen atoms in total. The van der Waals surface area contributed by atoms with Crippen LogP contribution in [0.3, 0.4) is 0 Å². The van der Waals surface area contributed by atoms with Gasteiger partial charge in [0.2, 0.25) is 0 Å². The summed E-state index contributed by atoms with van der Waals surface area (Å²) in [6.07, 6.45) is 2.76. The maximum atomic E-state index is 4.99. The molecule has 0 bridgehead atoms. The van der Waals surface area contributed by atoms with E-state index in [1.54, 1.807) is 13.4 Å². The second-order valence-electron chi connectivity index (χ2n) is 5.32. The molecule has 1 rings (SSSR count). The molecule has 1 aromatic carbocycles. The molecule has 88 valence electrons. The summed E-state index contributed by atoms with van der Waals surface area (Å²) in [4.78, 5) is 0. The summed E-state index contributed by atoms with van der Waals surface area (Å²) in [5.41, 5.74) is 4.19. The van der Waals surface area contributed by atoms with E-state index in [0.29, 0.717) is 0 Å². The predicted octanol–water partition coefficient (Wildman–Crippen LogP) is 4.08. The molecule has 0 aliphatic rings. The van der Waals surface area contributed by atoms with Crippen LogP contribution in [0.1, 0.15) is 38.8 Å². The fourth-order valence-electron chi connectivity index (χ4n) is 1.69. The van der Waals surface area contributed by atoms with Crippen LogP contribution in [-0.4, -0.2) is 7.11 Å². The van der Waals surface area contributed by atoms with Crippen molar-refractivity contribution in [2.24, 2.45) is 0 Å². The van der Waals surface area contributed by atoms with Crippen molar-refractivity contribution in [2.75, 3.05) is 7.11 Å². The number of hydrogen-bond acceptors (Lipinski definition) is 1. The lowest BCUT2D eigenvalue weighted by atomic mass is 9.86. The van der Waals surface area contributed by atoms with Gasteiger partial charge in [0.05, 0.1) is 13.4 Å². The zero-order valence-electron chi connectivity index (χ0n) is 11.0. The van der Waals surface area contributed by atoms with Gasteiger partial charge in [-0.3, -0.25) is 0 Å². The van der Waals surface area contributed by atoms with Crippen LogP contribution in [0.25, 0.3) is 0 Å². The van der Waals surface area contributed by atoms with Crippen molar-refractivity contribution < 1.29 is 4.74 Å². The van der Waals surface area contributed by atoms with E-state index in [-0.39, 0.29) is 5.41 Å². The van der Waals surface area contributed by atoms with E-state index in [1.165, 1.54) is 16.7 Å². The van der Waals surface area contributed by atoms with Crippen molar-refractivity contribution in [1.82, 2.24) is 0 Å². The lowest BCUT2D eigenvalue weighted by Crippen LogP contribution is -2.10. The predicted molar refractivity (Wildman–Crippen MR) is 69.6 cm³/mol. The summed E-state index contributed by atoms with van der Waals surface area (Å²) in [7, 11) is 1.69.